The van der Waals surface area contributed by atoms with Gasteiger partial charge in [-0.2, -0.15) is 0 Å². The van der Waals surface area contributed by atoms with Gasteiger partial charge in [0, 0.05) is 6.54 Å². The summed E-state index contributed by atoms with van der Waals surface area (Å²) in [4.78, 5) is 23.7. The zero-order valence-electron chi connectivity index (χ0n) is 16.3. The topological polar surface area (TPSA) is 80.9 Å². The summed E-state index contributed by atoms with van der Waals surface area (Å²) in [5.41, 5.74) is -0.581. The maximum atomic E-state index is 11.6. The van der Waals surface area contributed by atoms with E-state index in [-0.39, 0.29) is 0 Å². The average Bonchev–Trinajstić information content (AvgIpc) is 2.85. The van der Waals surface area contributed by atoms with Crippen molar-refractivity contribution in [1.29, 1.82) is 0 Å². The van der Waals surface area contributed by atoms with Gasteiger partial charge in [0.1, 0.15) is 11.6 Å². The fourth-order valence-corrected chi connectivity index (χ4v) is 2.15. The monoisotopic (exact) mass is 343 g/mol. The summed E-state index contributed by atoms with van der Waals surface area (Å²) in [6.45, 7) is 16.6. The highest BCUT2D eigenvalue weighted by atomic mass is 16.6. The number of ether oxygens (including phenoxy) is 1. The molecule has 0 aliphatic carbocycles. The molecule has 24 heavy (non-hydrogen) atoms. The molecule has 0 spiro atoms. The Morgan fingerprint density at radius 2 is 1.67 bits per heavy atom. The lowest BCUT2D eigenvalue weighted by atomic mass is 10.2. The molecule has 0 unspecified atom stereocenters. The molecule has 1 N–H and O–H groups in total. The molecule has 1 fully saturated rings. The van der Waals surface area contributed by atoms with Crippen molar-refractivity contribution in [3.63, 3.8) is 0 Å². The Labute approximate surface area is 146 Å². The maximum absolute atomic E-state index is 11.6. The third-order valence-corrected chi connectivity index (χ3v) is 3.15. The van der Waals surface area contributed by atoms with Crippen LogP contribution >= 0.6 is 0 Å². The van der Waals surface area contributed by atoms with Crippen molar-refractivity contribution in [3.05, 3.63) is 5.32 Å². The first-order valence-electron chi connectivity index (χ1n) is 8.79. The van der Waals surface area contributed by atoms with Gasteiger partial charge in [0.05, 0.1) is 0 Å². The van der Waals surface area contributed by atoms with Gasteiger partial charge < -0.3 is 15.2 Å². The van der Waals surface area contributed by atoms with E-state index in [1.54, 1.807) is 20.8 Å². The van der Waals surface area contributed by atoms with Crippen LogP contribution < -0.4 is 0 Å². The summed E-state index contributed by atoms with van der Waals surface area (Å²) in [6, 6.07) is -0.722. The van der Waals surface area contributed by atoms with Gasteiger partial charge in [-0.15, -0.1) is 13.1 Å². The number of carbonyl (C=O) groups is 2. The van der Waals surface area contributed by atoms with E-state index in [0.717, 1.165) is 31.3 Å². The van der Waals surface area contributed by atoms with Crippen molar-refractivity contribution in [2.24, 2.45) is 11.8 Å². The van der Waals surface area contributed by atoms with Crippen LogP contribution in [-0.2, 0) is 9.53 Å². The van der Waals surface area contributed by atoms with Crippen molar-refractivity contribution in [3.8, 4) is 0 Å². The first-order chi connectivity index (χ1) is 10.9. The predicted octanol–water partition coefficient (Wildman–Crippen LogP) is 4.14. The molecule has 1 amide bonds. The van der Waals surface area contributed by atoms with E-state index >= 15 is 0 Å². The molecule has 1 aliphatic heterocycles. The van der Waals surface area contributed by atoms with Gasteiger partial charge in [-0.1, -0.05) is 39.5 Å². The summed E-state index contributed by atoms with van der Waals surface area (Å²) < 4.78 is 5.13. The van der Waals surface area contributed by atoms with E-state index in [1.807, 2.05) is 0 Å². The number of nitrogens with zero attached hydrogens (tertiary/aromatic N) is 2. The van der Waals surface area contributed by atoms with Crippen molar-refractivity contribution in [2.45, 2.75) is 73.0 Å². The summed E-state index contributed by atoms with van der Waals surface area (Å²) >= 11 is 0. The van der Waals surface area contributed by atoms with Gasteiger partial charge in [-0.25, -0.2) is 9.59 Å². The number of carboxylic acid groups (broad SMARTS) is 1. The van der Waals surface area contributed by atoms with E-state index in [0.29, 0.717) is 13.0 Å². The molecule has 0 bridgehead atoms. The minimum absolute atomic E-state index is 0.464. The van der Waals surface area contributed by atoms with E-state index < -0.39 is 23.7 Å². The summed E-state index contributed by atoms with van der Waals surface area (Å²) in [7, 11) is 0. The van der Waals surface area contributed by atoms with Crippen LogP contribution in [0.3, 0.4) is 0 Å². The number of amides is 1. The standard InChI is InChI=1S/C10H17NO4.C8H18N/c1-10(2,3)15-9(14)11-6-4-5-7(11)8(12)13;1-7(2)5-9-6-8(3)4/h7H,4-6H2,1-3H3,(H,12,13);7-8H,5-6H2,1-4H3/q;-1/t7-;/m1./s1. The molecule has 0 radical (unpaired) electrons. The van der Waals surface area contributed by atoms with Gasteiger partial charge in [0.25, 0.3) is 0 Å². The number of hydrogen-bond donors (Lipinski definition) is 1. The average molecular weight is 343 g/mol. The zero-order valence-corrected chi connectivity index (χ0v) is 16.3. The largest absolute Gasteiger partial charge is 0.662 e. The molecule has 0 aromatic rings. The highest BCUT2D eigenvalue weighted by molar-refractivity contribution is 5.80. The summed E-state index contributed by atoms with van der Waals surface area (Å²) in [5, 5.41) is 13.3. The van der Waals surface area contributed by atoms with Gasteiger partial charge in [0.2, 0.25) is 0 Å². The number of aliphatic carboxylic acids is 1. The molecule has 6 nitrogen and oxygen atoms in total. The molecule has 1 atom stereocenters. The van der Waals surface area contributed by atoms with E-state index in [2.05, 4.69) is 33.0 Å². The fraction of sp³-hybridized carbons (Fsp3) is 0.889. The van der Waals surface area contributed by atoms with Crippen molar-refractivity contribution >= 4 is 12.1 Å². The Bertz CT molecular complexity index is 381. The number of rotatable bonds is 5. The minimum Gasteiger partial charge on any atom is -0.662 e. The molecule has 0 saturated carbocycles. The number of hydrogen-bond acceptors (Lipinski definition) is 3. The number of likely N-dealkylation sites (tertiary alicyclic amines) is 1. The van der Waals surface area contributed by atoms with Gasteiger partial charge in [-0.3, -0.25) is 4.90 Å². The highest BCUT2D eigenvalue weighted by Crippen LogP contribution is 2.20. The lowest BCUT2D eigenvalue weighted by Crippen LogP contribution is -2.43. The van der Waals surface area contributed by atoms with Gasteiger partial charge in [-0.05, 0) is 33.6 Å². The number of carbonyl (C=O) groups excluding carboxylic acids is 1. The maximum Gasteiger partial charge on any atom is 0.411 e. The Kier molecular flexibility index (Phi) is 9.97. The molecule has 6 heteroatoms. The van der Waals surface area contributed by atoms with Crippen molar-refractivity contribution in [2.75, 3.05) is 19.6 Å². The normalized spacial score (nSPS) is 17.7. The second-order valence-electron chi connectivity index (χ2n) is 8.05. The summed E-state index contributed by atoms with van der Waals surface area (Å²) in [6.07, 6.45) is 0.692. The van der Waals surface area contributed by atoms with E-state index in [4.69, 9.17) is 9.84 Å². The molecule has 1 aliphatic rings. The molecular weight excluding hydrogens is 308 g/mol. The first kappa shape index (κ1) is 22.7. The van der Waals surface area contributed by atoms with Crippen LogP contribution in [0, 0.1) is 11.8 Å². The lowest BCUT2D eigenvalue weighted by molar-refractivity contribution is -0.142. The van der Waals surface area contributed by atoms with E-state index in [9.17, 15) is 9.59 Å². The van der Waals surface area contributed by atoms with Crippen LogP contribution in [0.5, 0.6) is 0 Å². The molecule has 1 saturated heterocycles. The number of carboxylic acids is 1. The van der Waals surface area contributed by atoms with Crippen LogP contribution in [0.15, 0.2) is 0 Å². The molecule has 1 heterocycles. The quantitative estimate of drug-likeness (QED) is 0.813. The third-order valence-electron chi connectivity index (χ3n) is 3.15. The smallest absolute Gasteiger partial charge is 0.411 e. The van der Waals surface area contributed by atoms with Crippen LogP contribution in [0.4, 0.5) is 4.79 Å². The third kappa shape index (κ3) is 10.5. The van der Waals surface area contributed by atoms with Gasteiger partial charge >= 0.3 is 12.1 Å². The van der Waals surface area contributed by atoms with Crippen LogP contribution in [0.2, 0.25) is 0 Å². The SMILES string of the molecule is CC(C)(C)OC(=O)N1CCC[C@@H]1C(=O)O.CC(C)C[N-]CC(C)C. The molecular formula is C18H35N2O4-. The molecule has 0 aromatic heterocycles. The second kappa shape index (κ2) is 10.5. The van der Waals surface area contributed by atoms with Crippen molar-refractivity contribution < 1.29 is 19.4 Å². The Morgan fingerprint density at radius 3 is 2.04 bits per heavy atom. The van der Waals surface area contributed by atoms with Crippen LogP contribution in [-0.4, -0.2) is 53.3 Å². The lowest BCUT2D eigenvalue weighted by Gasteiger charge is -2.26. The van der Waals surface area contributed by atoms with E-state index in [1.165, 1.54) is 4.90 Å². The first-order valence-corrected chi connectivity index (χ1v) is 8.79. The molecule has 142 valence electrons. The molecule has 0 aromatic carbocycles. The second-order valence-corrected chi connectivity index (χ2v) is 8.05. The Hall–Kier alpha value is -1.30. The Balaban J connectivity index is 0.000000506. The van der Waals surface area contributed by atoms with Gasteiger partial charge in [0.15, 0.2) is 0 Å². The fourth-order valence-electron chi connectivity index (χ4n) is 2.15. The molecule has 1 rings (SSSR count). The predicted molar refractivity (Wildman–Crippen MR) is 96.4 cm³/mol. The summed E-state index contributed by atoms with van der Waals surface area (Å²) in [5.74, 6) is 0.492. The van der Waals surface area contributed by atoms with Crippen molar-refractivity contribution in [1.82, 2.24) is 4.90 Å². The minimum atomic E-state index is -0.960. The van der Waals surface area contributed by atoms with Crippen LogP contribution in [0.1, 0.15) is 61.3 Å². The zero-order chi connectivity index (χ0) is 18.9. The Morgan fingerprint density at radius 1 is 1.17 bits per heavy atom. The van der Waals surface area contributed by atoms with Crippen LogP contribution in [0.25, 0.3) is 5.32 Å². The highest BCUT2D eigenvalue weighted by Gasteiger charge is 2.36.